The maximum Gasteiger partial charge on any atom is 0.408 e. The summed E-state index contributed by atoms with van der Waals surface area (Å²) in [6.07, 6.45) is -2.90. The first-order valence-corrected chi connectivity index (χ1v) is 7.61. The lowest BCUT2D eigenvalue weighted by Gasteiger charge is -2.31. The van der Waals surface area contributed by atoms with Gasteiger partial charge in [0.1, 0.15) is 23.4 Å². The van der Waals surface area contributed by atoms with Crippen LogP contribution in [-0.4, -0.2) is 35.6 Å². The number of pyridine rings is 1. The summed E-state index contributed by atoms with van der Waals surface area (Å²) in [6, 6.07) is 1.12. The molecular weight excluding hydrogens is 327 g/mol. The number of nitrogens with zero attached hydrogens (tertiary/aromatic N) is 1. The third kappa shape index (κ3) is 3.29. The van der Waals surface area contributed by atoms with Gasteiger partial charge >= 0.3 is 6.18 Å². The average Bonchev–Trinajstić information content (AvgIpc) is 2.54. The van der Waals surface area contributed by atoms with Crippen LogP contribution >= 0.6 is 0 Å². The molecule has 2 N–H and O–H groups in total. The van der Waals surface area contributed by atoms with Gasteiger partial charge in [0.2, 0.25) is 11.8 Å². The van der Waals surface area contributed by atoms with Crippen LogP contribution in [0.3, 0.4) is 0 Å². The van der Waals surface area contributed by atoms with Crippen molar-refractivity contribution in [3.63, 3.8) is 0 Å². The minimum absolute atomic E-state index is 0.139. The van der Waals surface area contributed by atoms with Crippen molar-refractivity contribution >= 4 is 11.8 Å². The third-order valence-electron chi connectivity index (χ3n) is 4.20. The van der Waals surface area contributed by atoms with Crippen molar-refractivity contribution in [2.45, 2.75) is 37.5 Å². The van der Waals surface area contributed by atoms with E-state index in [9.17, 15) is 22.8 Å². The predicted molar refractivity (Wildman–Crippen MR) is 75.9 cm³/mol. The second kappa shape index (κ2) is 6.29. The van der Waals surface area contributed by atoms with E-state index in [-0.39, 0.29) is 12.8 Å². The number of halogens is 3. The molecule has 9 heteroatoms. The number of fused-ring (bicyclic) bond motifs is 1. The van der Waals surface area contributed by atoms with Crippen molar-refractivity contribution in [3.8, 4) is 5.75 Å². The van der Waals surface area contributed by atoms with E-state index in [1.165, 1.54) is 0 Å². The molecule has 1 aromatic heterocycles. The van der Waals surface area contributed by atoms with Crippen molar-refractivity contribution in [2.75, 3.05) is 6.61 Å². The van der Waals surface area contributed by atoms with E-state index in [0.717, 1.165) is 0 Å². The molecule has 0 aromatic carbocycles. The molecule has 0 aliphatic carbocycles. The fraction of sp³-hybridized carbons (Fsp3) is 0.533. The lowest BCUT2D eigenvalue weighted by atomic mass is 9.92. The second-order valence-electron chi connectivity index (χ2n) is 5.82. The zero-order valence-electron chi connectivity index (χ0n) is 12.6. The summed E-state index contributed by atoms with van der Waals surface area (Å²) in [4.78, 5) is 28.4. The maximum atomic E-state index is 12.6. The smallest absolute Gasteiger partial charge is 0.408 e. The largest absolute Gasteiger partial charge is 0.491 e. The standard InChI is InChI=1S/C15H16F3N3O3/c16-15(17,18)11-4-3-8(14(23)21-11)13(22)20-9-5-7-24-10-2-1-6-19-12(9)10/h1-2,6,8-9,11H,3-5,7H2,(H,20,22)(H,21,23). The summed E-state index contributed by atoms with van der Waals surface area (Å²) in [5.74, 6) is -2.05. The highest BCUT2D eigenvalue weighted by Crippen LogP contribution is 2.31. The molecule has 3 rings (SSSR count). The molecule has 6 nitrogen and oxygen atoms in total. The molecule has 2 amide bonds. The Morgan fingerprint density at radius 2 is 2.12 bits per heavy atom. The first kappa shape index (κ1) is 16.5. The number of aromatic nitrogens is 1. The maximum absolute atomic E-state index is 12.6. The van der Waals surface area contributed by atoms with E-state index in [0.29, 0.717) is 24.5 Å². The Morgan fingerprint density at radius 3 is 2.83 bits per heavy atom. The highest BCUT2D eigenvalue weighted by Gasteiger charge is 2.46. The Balaban J connectivity index is 1.65. The monoisotopic (exact) mass is 343 g/mol. The van der Waals surface area contributed by atoms with Gasteiger partial charge in [-0.1, -0.05) is 0 Å². The van der Waals surface area contributed by atoms with Crippen LogP contribution in [0.5, 0.6) is 5.75 Å². The first-order chi connectivity index (χ1) is 11.4. The fourth-order valence-corrected chi connectivity index (χ4v) is 2.93. The van der Waals surface area contributed by atoms with E-state index in [4.69, 9.17) is 4.74 Å². The summed E-state index contributed by atoms with van der Waals surface area (Å²) < 4.78 is 43.4. The van der Waals surface area contributed by atoms with Gasteiger partial charge in [0.15, 0.2) is 0 Å². The molecule has 2 aliphatic rings. The number of hydrogen-bond donors (Lipinski definition) is 2. The van der Waals surface area contributed by atoms with Gasteiger partial charge in [0, 0.05) is 12.6 Å². The Hall–Kier alpha value is -2.32. The summed E-state index contributed by atoms with van der Waals surface area (Å²) in [7, 11) is 0. The molecule has 1 fully saturated rings. The van der Waals surface area contributed by atoms with Crippen molar-refractivity contribution in [2.24, 2.45) is 5.92 Å². The zero-order chi connectivity index (χ0) is 17.3. The topological polar surface area (TPSA) is 80.3 Å². The van der Waals surface area contributed by atoms with Gasteiger partial charge in [-0.3, -0.25) is 14.6 Å². The summed E-state index contributed by atoms with van der Waals surface area (Å²) in [5, 5.41) is 4.58. The second-order valence-corrected chi connectivity index (χ2v) is 5.82. The molecule has 0 bridgehead atoms. The Morgan fingerprint density at radius 1 is 1.33 bits per heavy atom. The van der Waals surface area contributed by atoms with Crippen molar-refractivity contribution < 1.29 is 27.5 Å². The molecule has 3 heterocycles. The SMILES string of the molecule is O=C(NC1CCOc2cccnc21)C1CCC(C(F)(F)F)NC1=O. The molecule has 0 spiro atoms. The van der Waals surface area contributed by atoms with Crippen LogP contribution in [0.25, 0.3) is 0 Å². The molecule has 2 aliphatic heterocycles. The number of rotatable bonds is 2. The van der Waals surface area contributed by atoms with Crippen molar-refractivity contribution in [1.82, 2.24) is 15.6 Å². The predicted octanol–water partition coefficient (Wildman–Crippen LogP) is 1.48. The molecule has 3 unspecified atom stereocenters. The highest BCUT2D eigenvalue weighted by atomic mass is 19.4. The van der Waals surface area contributed by atoms with E-state index in [1.807, 2.05) is 5.32 Å². The number of alkyl halides is 3. The molecule has 3 atom stereocenters. The summed E-state index contributed by atoms with van der Waals surface area (Å²) in [6.45, 7) is 0.386. The Labute approximate surface area is 135 Å². The van der Waals surface area contributed by atoms with Gasteiger partial charge in [-0.05, 0) is 25.0 Å². The highest BCUT2D eigenvalue weighted by molar-refractivity contribution is 6.01. The zero-order valence-corrected chi connectivity index (χ0v) is 12.6. The van der Waals surface area contributed by atoms with E-state index in [2.05, 4.69) is 10.3 Å². The number of carbonyl (C=O) groups is 2. The van der Waals surface area contributed by atoms with Crippen LogP contribution in [0.2, 0.25) is 0 Å². The van der Waals surface area contributed by atoms with Crippen LogP contribution < -0.4 is 15.4 Å². The van der Waals surface area contributed by atoms with Gasteiger partial charge < -0.3 is 15.4 Å². The quantitative estimate of drug-likeness (QED) is 0.797. The number of nitrogens with one attached hydrogen (secondary N) is 2. The van der Waals surface area contributed by atoms with Crippen LogP contribution in [-0.2, 0) is 9.59 Å². The molecule has 130 valence electrons. The van der Waals surface area contributed by atoms with Gasteiger partial charge in [-0.2, -0.15) is 13.2 Å². The first-order valence-electron chi connectivity index (χ1n) is 7.61. The van der Waals surface area contributed by atoms with Gasteiger partial charge in [0.05, 0.1) is 12.6 Å². The molecular formula is C15H16F3N3O3. The van der Waals surface area contributed by atoms with Crippen molar-refractivity contribution in [1.29, 1.82) is 0 Å². The number of piperidine rings is 1. The van der Waals surface area contributed by atoms with Crippen LogP contribution in [0, 0.1) is 5.92 Å². The minimum Gasteiger partial charge on any atom is -0.491 e. The van der Waals surface area contributed by atoms with Crippen LogP contribution in [0.4, 0.5) is 13.2 Å². The van der Waals surface area contributed by atoms with Gasteiger partial charge in [-0.25, -0.2) is 0 Å². The normalized spacial score (nSPS) is 26.8. The third-order valence-corrected chi connectivity index (χ3v) is 4.20. The molecule has 24 heavy (non-hydrogen) atoms. The molecule has 1 aromatic rings. The Bertz CT molecular complexity index is 650. The molecule has 1 saturated heterocycles. The van der Waals surface area contributed by atoms with Crippen LogP contribution in [0.15, 0.2) is 18.3 Å². The summed E-state index contributed by atoms with van der Waals surface area (Å²) in [5.41, 5.74) is 0.557. The number of carbonyl (C=O) groups excluding carboxylic acids is 2. The average molecular weight is 343 g/mol. The lowest BCUT2D eigenvalue weighted by molar-refractivity contribution is -0.171. The van der Waals surface area contributed by atoms with Crippen molar-refractivity contribution in [3.05, 3.63) is 24.0 Å². The number of ether oxygens (including phenoxy) is 1. The Kier molecular flexibility index (Phi) is 4.33. The van der Waals surface area contributed by atoms with Crippen LogP contribution in [0.1, 0.15) is 31.0 Å². The lowest BCUT2D eigenvalue weighted by Crippen LogP contribution is -2.54. The molecule has 0 saturated carbocycles. The van der Waals surface area contributed by atoms with E-state index < -0.39 is 36.0 Å². The summed E-state index contributed by atoms with van der Waals surface area (Å²) >= 11 is 0. The van der Waals surface area contributed by atoms with E-state index in [1.54, 1.807) is 18.3 Å². The van der Waals surface area contributed by atoms with Gasteiger partial charge in [-0.15, -0.1) is 0 Å². The number of amides is 2. The molecule has 0 radical (unpaired) electrons. The van der Waals surface area contributed by atoms with Gasteiger partial charge in [0.25, 0.3) is 0 Å². The number of hydrogen-bond acceptors (Lipinski definition) is 4. The van der Waals surface area contributed by atoms with E-state index >= 15 is 0 Å². The minimum atomic E-state index is -4.50. The fourth-order valence-electron chi connectivity index (χ4n) is 2.93.